The van der Waals surface area contributed by atoms with E-state index in [1.807, 2.05) is 24.3 Å². The first-order chi connectivity index (χ1) is 10.2. The van der Waals surface area contributed by atoms with E-state index in [1.54, 1.807) is 0 Å². The van der Waals surface area contributed by atoms with Gasteiger partial charge in [-0.05, 0) is 37.4 Å². The zero-order valence-electron chi connectivity index (χ0n) is 12.6. The third-order valence-corrected chi connectivity index (χ3v) is 4.63. The molecule has 0 radical (unpaired) electrons. The van der Waals surface area contributed by atoms with Crippen LogP contribution in [0.25, 0.3) is 0 Å². The van der Waals surface area contributed by atoms with Crippen LogP contribution in [-0.2, 0) is 16.0 Å². The number of methoxy groups -OCH3 is 1. The van der Waals surface area contributed by atoms with Crippen molar-refractivity contribution in [3.63, 3.8) is 0 Å². The summed E-state index contributed by atoms with van der Waals surface area (Å²) in [6, 6.07) is 8.07. The van der Waals surface area contributed by atoms with Crippen LogP contribution in [0.4, 0.5) is 0 Å². The molecule has 2 atom stereocenters. The third kappa shape index (κ3) is 3.21. The molecule has 2 aliphatic rings. The Hall–Kier alpha value is -1.55. The van der Waals surface area contributed by atoms with Gasteiger partial charge in [0.25, 0.3) is 0 Å². The number of fused-ring (bicyclic) bond motifs is 2. The maximum absolute atomic E-state index is 11.3. The number of aryl methyl sites for hydroxylation is 1. The zero-order valence-corrected chi connectivity index (χ0v) is 12.6. The summed E-state index contributed by atoms with van der Waals surface area (Å²) < 4.78 is 11.2. The molecular weight excluding hydrogens is 266 g/mol. The van der Waals surface area contributed by atoms with E-state index >= 15 is 0 Å². The van der Waals surface area contributed by atoms with Gasteiger partial charge in [0.2, 0.25) is 0 Å². The molecule has 0 aliphatic carbocycles. The number of rotatable bonds is 5. The lowest BCUT2D eigenvalue weighted by atomic mass is 9.94. The fourth-order valence-electron chi connectivity index (χ4n) is 3.46. The van der Waals surface area contributed by atoms with Crippen LogP contribution < -0.4 is 4.74 Å². The Bertz CT molecular complexity index is 513. The molecule has 0 saturated carbocycles. The standard InChI is InChI=1S/C17H23NO3/c1-20-16(19)8-7-14-5-2-3-6-15(14)21-17-9-4-11-18(13-17)12-10-17/h2-3,5-6H,4,7-13H2,1H3/t17-/m1/s1. The Morgan fingerprint density at radius 1 is 1.29 bits per heavy atom. The predicted octanol–water partition coefficient (Wildman–Crippen LogP) is 2.41. The number of hydrogen-bond donors (Lipinski definition) is 0. The second-order valence-corrected chi connectivity index (χ2v) is 6.10. The molecule has 0 spiro atoms. The molecule has 0 N–H and O–H groups in total. The van der Waals surface area contributed by atoms with Crippen molar-refractivity contribution >= 4 is 5.97 Å². The number of benzene rings is 1. The van der Waals surface area contributed by atoms with E-state index in [0.29, 0.717) is 12.8 Å². The predicted molar refractivity (Wildman–Crippen MR) is 80.4 cm³/mol. The molecule has 2 bridgehead atoms. The summed E-state index contributed by atoms with van der Waals surface area (Å²) in [5.74, 6) is 0.762. The van der Waals surface area contributed by atoms with Gasteiger partial charge in [0.1, 0.15) is 11.4 Å². The van der Waals surface area contributed by atoms with Crippen LogP contribution in [0.1, 0.15) is 31.2 Å². The minimum Gasteiger partial charge on any atom is -0.486 e. The number of para-hydroxylation sites is 1. The topological polar surface area (TPSA) is 38.8 Å². The second kappa shape index (κ2) is 6.06. The number of esters is 1. The largest absolute Gasteiger partial charge is 0.486 e. The molecule has 2 fully saturated rings. The Balaban J connectivity index is 1.71. The lowest BCUT2D eigenvalue weighted by molar-refractivity contribution is -0.140. The van der Waals surface area contributed by atoms with Crippen molar-refractivity contribution in [2.45, 2.75) is 37.7 Å². The van der Waals surface area contributed by atoms with Gasteiger partial charge in [0.05, 0.1) is 7.11 Å². The smallest absolute Gasteiger partial charge is 0.305 e. The molecule has 1 aromatic carbocycles. The highest BCUT2D eigenvalue weighted by molar-refractivity contribution is 5.69. The molecule has 2 heterocycles. The van der Waals surface area contributed by atoms with Gasteiger partial charge in [-0.3, -0.25) is 9.69 Å². The van der Waals surface area contributed by atoms with Crippen molar-refractivity contribution in [1.82, 2.24) is 4.90 Å². The van der Waals surface area contributed by atoms with Crippen molar-refractivity contribution in [2.24, 2.45) is 0 Å². The number of carbonyl (C=O) groups is 1. The monoisotopic (exact) mass is 289 g/mol. The minimum absolute atomic E-state index is 0.0143. The van der Waals surface area contributed by atoms with E-state index < -0.39 is 0 Å². The third-order valence-electron chi connectivity index (χ3n) is 4.63. The highest BCUT2D eigenvalue weighted by atomic mass is 16.5. The Morgan fingerprint density at radius 2 is 2.14 bits per heavy atom. The first-order valence-electron chi connectivity index (χ1n) is 7.77. The van der Waals surface area contributed by atoms with Crippen LogP contribution >= 0.6 is 0 Å². The average molecular weight is 289 g/mol. The van der Waals surface area contributed by atoms with Crippen LogP contribution in [0.2, 0.25) is 0 Å². The molecule has 21 heavy (non-hydrogen) atoms. The maximum atomic E-state index is 11.3. The van der Waals surface area contributed by atoms with Gasteiger partial charge in [0.15, 0.2) is 0 Å². The van der Waals surface area contributed by atoms with Crippen LogP contribution in [0.15, 0.2) is 24.3 Å². The van der Waals surface area contributed by atoms with E-state index in [9.17, 15) is 4.79 Å². The molecule has 1 aromatic rings. The summed E-state index contributed by atoms with van der Waals surface area (Å²) >= 11 is 0. The fraction of sp³-hybridized carbons (Fsp3) is 0.588. The molecular formula is C17H23NO3. The van der Waals surface area contributed by atoms with Crippen molar-refractivity contribution in [3.05, 3.63) is 29.8 Å². The number of nitrogens with zero attached hydrogens (tertiary/aromatic N) is 1. The summed E-state index contributed by atoms with van der Waals surface area (Å²) in [6.45, 7) is 3.39. The summed E-state index contributed by atoms with van der Waals surface area (Å²) in [7, 11) is 1.43. The van der Waals surface area contributed by atoms with Crippen molar-refractivity contribution in [1.29, 1.82) is 0 Å². The average Bonchev–Trinajstić information content (AvgIpc) is 2.80. The molecule has 2 saturated heterocycles. The lowest BCUT2D eigenvalue weighted by Gasteiger charge is -2.35. The fourth-order valence-corrected chi connectivity index (χ4v) is 3.46. The zero-order chi connectivity index (χ0) is 14.7. The van der Waals surface area contributed by atoms with Crippen LogP contribution in [-0.4, -0.2) is 43.2 Å². The lowest BCUT2D eigenvalue weighted by Crippen LogP contribution is -2.43. The van der Waals surface area contributed by atoms with Crippen molar-refractivity contribution in [3.8, 4) is 5.75 Å². The quantitative estimate of drug-likeness (QED) is 0.780. The SMILES string of the molecule is COC(=O)CCc1ccccc1O[C@]12CCCN(CC1)C2. The van der Waals surface area contributed by atoms with Crippen molar-refractivity contribution in [2.75, 3.05) is 26.7 Å². The Labute approximate surface area is 126 Å². The normalized spacial score (nSPS) is 27.4. The molecule has 2 aliphatic heterocycles. The van der Waals surface area contributed by atoms with E-state index in [-0.39, 0.29) is 11.6 Å². The molecule has 114 valence electrons. The maximum Gasteiger partial charge on any atom is 0.305 e. The number of ether oxygens (including phenoxy) is 2. The van der Waals surface area contributed by atoms with Crippen molar-refractivity contribution < 1.29 is 14.3 Å². The molecule has 0 aromatic heterocycles. The minimum atomic E-state index is -0.173. The van der Waals surface area contributed by atoms with Gasteiger partial charge in [-0.25, -0.2) is 0 Å². The van der Waals surface area contributed by atoms with Gasteiger partial charge in [0, 0.05) is 25.9 Å². The summed E-state index contributed by atoms with van der Waals surface area (Å²) in [4.78, 5) is 13.8. The van der Waals surface area contributed by atoms with Gasteiger partial charge in [-0.2, -0.15) is 0 Å². The first-order valence-corrected chi connectivity index (χ1v) is 7.77. The van der Waals surface area contributed by atoms with Gasteiger partial charge in [-0.1, -0.05) is 18.2 Å². The first kappa shape index (κ1) is 14.4. The number of hydrogen-bond acceptors (Lipinski definition) is 4. The number of piperidine rings is 1. The second-order valence-electron chi connectivity index (χ2n) is 6.10. The molecule has 0 amide bonds. The van der Waals surface area contributed by atoms with Gasteiger partial charge >= 0.3 is 5.97 Å². The molecule has 4 nitrogen and oxygen atoms in total. The Kier molecular flexibility index (Phi) is 4.15. The van der Waals surface area contributed by atoms with E-state index in [0.717, 1.165) is 37.2 Å². The summed E-state index contributed by atoms with van der Waals surface area (Å²) in [5, 5.41) is 0. The van der Waals surface area contributed by atoms with Crippen LogP contribution in [0, 0.1) is 0 Å². The van der Waals surface area contributed by atoms with E-state index in [2.05, 4.69) is 4.90 Å². The van der Waals surface area contributed by atoms with Gasteiger partial charge < -0.3 is 9.47 Å². The molecule has 1 unspecified atom stereocenters. The van der Waals surface area contributed by atoms with Gasteiger partial charge in [-0.15, -0.1) is 0 Å². The highest BCUT2D eigenvalue weighted by Crippen LogP contribution is 2.36. The van der Waals surface area contributed by atoms with E-state index in [1.165, 1.54) is 20.1 Å². The summed E-state index contributed by atoms with van der Waals surface area (Å²) in [6.07, 6.45) is 4.52. The Morgan fingerprint density at radius 3 is 3.00 bits per heavy atom. The molecule has 4 heteroatoms. The van der Waals surface area contributed by atoms with Crippen LogP contribution in [0.3, 0.4) is 0 Å². The number of carbonyl (C=O) groups excluding carboxylic acids is 1. The van der Waals surface area contributed by atoms with Crippen LogP contribution in [0.5, 0.6) is 5.75 Å². The molecule has 3 rings (SSSR count). The highest BCUT2D eigenvalue weighted by Gasteiger charge is 2.43. The summed E-state index contributed by atoms with van der Waals surface area (Å²) in [5.41, 5.74) is 1.08. The van der Waals surface area contributed by atoms with E-state index in [4.69, 9.17) is 9.47 Å².